The Labute approximate surface area is 152 Å². The Kier molecular flexibility index (Phi) is 5.30. The first-order valence-corrected chi connectivity index (χ1v) is 7.85. The minimum Gasteiger partial charge on any atom is -0.365 e. The minimum atomic E-state index is -4.49. The van der Waals surface area contributed by atoms with E-state index in [1.54, 1.807) is 24.5 Å². The van der Waals surface area contributed by atoms with Crippen LogP contribution >= 0.6 is 0 Å². The molecule has 0 saturated carbocycles. The first-order chi connectivity index (χ1) is 12.9. The second-order valence-electron chi connectivity index (χ2n) is 5.53. The maximum Gasteiger partial charge on any atom is 0.416 e. The third kappa shape index (κ3) is 4.78. The summed E-state index contributed by atoms with van der Waals surface area (Å²) in [7, 11) is 0. The van der Waals surface area contributed by atoms with Crippen LogP contribution in [0.1, 0.15) is 21.5 Å². The Morgan fingerprint density at radius 2 is 1.85 bits per heavy atom. The van der Waals surface area contributed by atoms with Crippen LogP contribution in [0.5, 0.6) is 0 Å². The van der Waals surface area contributed by atoms with E-state index in [0.29, 0.717) is 6.54 Å². The number of aromatic nitrogens is 3. The summed E-state index contributed by atoms with van der Waals surface area (Å²) in [5.74, 6) is -0.349. The summed E-state index contributed by atoms with van der Waals surface area (Å²) in [6.45, 7) is 0.392. The number of halogens is 3. The maximum absolute atomic E-state index is 12.8. The molecule has 6 nitrogen and oxygen atoms in total. The molecule has 2 heterocycles. The summed E-state index contributed by atoms with van der Waals surface area (Å²) < 4.78 is 38.4. The van der Waals surface area contributed by atoms with Crippen LogP contribution in [-0.2, 0) is 12.7 Å². The lowest BCUT2D eigenvalue weighted by Crippen LogP contribution is -2.17. The average Bonchev–Trinajstić information content (AvgIpc) is 2.67. The van der Waals surface area contributed by atoms with Gasteiger partial charge in [0.15, 0.2) is 0 Å². The van der Waals surface area contributed by atoms with Crippen molar-refractivity contribution in [2.75, 3.05) is 10.6 Å². The number of carbonyl (C=O) groups excluding carboxylic acids is 1. The fourth-order valence-electron chi connectivity index (χ4n) is 2.29. The van der Waals surface area contributed by atoms with Crippen molar-refractivity contribution in [3.63, 3.8) is 0 Å². The van der Waals surface area contributed by atoms with Gasteiger partial charge in [-0.3, -0.25) is 9.78 Å². The van der Waals surface area contributed by atoms with E-state index >= 15 is 0 Å². The lowest BCUT2D eigenvalue weighted by molar-refractivity contribution is -0.137. The number of hydrogen-bond donors (Lipinski definition) is 2. The van der Waals surface area contributed by atoms with Gasteiger partial charge in [-0.05, 0) is 35.9 Å². The fraction of sp³-hybridized carbons (Fsp3) is 0.111. The molecule has 3 aromatic rings. The quantitative estimate of drug-likeness (QED) is 0.712. The second kappa shape index (κ2) is 7.81. The highest BCUT2D eigenvalue weighted by atomic mass is 19.4. The molecule has 2 N–H and O–H groups in total. The molecule has 0 unspecified atom stereocenters. The molecule has 0 saturated heterocycles. The zero-order valence-electron chi connectivity index (χ0n) is 13.9. The predicted molar refractivity (Wildman–Crippen MR) is 93.0 cm³/mol. The van der Waals surface area contributed by atoms with Gasteiger partial charge in [0, 0.05) is 30.8 Å². The zero-order valence-corrected chi connectivity index (χ0v) is 13.9. The average molecular weight is 373 g/mol. The molecule has 0 fully saturated rings. The molecular formula is C18H14F3N5O. The van der Waals surface area contributed by atoms with Crippen LogP contribution in [0, 0.1) is 0 Å². The van der Waals surface area contributed by atoms with Gasteiger partial charge in [0.25, 0.3) is 5.91 Å². The lowest BCUT2D eigenvalue weighted by Gasteiger charge is -2.12. The summed E-state index contributed by atoms with van der Waals surface area (Å²) in [6.07, 6.45) is 1.35. The molecule has 0 aliphatic rings. The monoisotopic (exact) mass is 373 g/mol. The number of alkyl halides is 3. The van der Waals surface area contributed by atoms with Crippen LogP contribution in [0.2, 0.25) is 0 Å². The van der Waals surface area contributed by atoms with E-state index in [1.807, 2.05) is 0 Å². The standard InChI is InChI=1S/C18H14F3N5O/c19-18(20,21)13-2-1-3-14(8-13)26-17(27)15-10-23-11-25-16(15)24-9-12-4-6-22-7-5-12/h1-8,10-11H,9H2,(H,26,27)(H,23,24,25). The molecule has 27 heavy (non-hydrogen) atoms. The summed E-state index contributed by atoms with van der Waals surface area (Å²) in [6, 6.07) is 8.01. The van der Waals surface area contributed by atoms with Crippen molar-refractivity contribution in [1.82, 2.24) is 15.0 Å². The van der Waals surface area contributed by atoms with Crippen LogP contribution in [0.3, 0.4) is 0 Å². The number of hydrogen-bond acceptors (Lipinski definition) is 5. The van der Waals surface area contributed by atoms with Crippen molar-refractivity contribution >= 4 is 17.4 Å². The molecule has 0 bridgehead atoms. The van der Waals surface area contributed by atoms with E-state index < -0.39 is 17.6 Å². The molecule has 0 aliphatic heterocycles. The van der Waals surface area contributed by atoms with Crippen LogP contribution in [0.25, 0.3) is 0 Å². The zero-order chi connectivity index (χ0) is 19.3. The van der Waals surface area contributed by atoms with Crippen LogP contribution in [0.15, 0.2) is 61.3 Å². The van der Waals surface area contributed by atoms with Crippen molar-refractivity contribution in [2.24, 2.45) is 0 Å². The van der Waals surface area contributed by atoms with Gasteiger partial charge < -0.3 is 10.6 Å². The number of carbonyl (C=O) groups is 1. The van der Waals surface area contributed by atoms with Gasteiger partial charge in [0.05, 0.1) is 5.56 Å². The van der Waals surface area contributed by atoms with Crippen molar-refractivity contribution in [3.05, 3.63) is 78.0 Å². The van der Waals surface area contributed by atoms with Gasteiger partial charge in [0.1, 0.15) is 17.7 Å². The predicted octanol–water partition coefficient (Wildman–Crippen LogP) is 3.75. The lowest BCUT2D eigenvalue weighted by atomic mass is 10.2. The molecule has 0 spiro atoms. The molecule has 0 radical (unpaired) electrons. The summed E-state index contributed by atoms with van der Waals surface area (Å²) in [4.78, 5) is 24.3. The smallest absolute Gasteiger partial charge is 0.365 e. The number of nitrogens with zero attached hydrogens (tertiary/aromatic N) is 3. The molecule has 9 heteroatoms. The molecule has 0 aliphatic carbocycles. The number of amides is 1. The molecular weight excluding hydrogens is 359 g/mol. The van der Waals surface area contributed by atoms with Gasteiger partial charge in [-0.2, -0.15) is 13.2 Å². The van der Waals surface area contributed by atoms with Gasteiger partial charge in [-0.1, -0.05) is 6.07 Å². The molecule has 3 rings (SSSR count). The third-order valence-electron chi connectivity index (χ3n) is 3.61. The first kappa shape index (κ1) is 18.3. The van der Waals surface area contributed by atoms with Crippen molar-refractivity contribution in [3.8, 4) is 0 Å². The minimum absolute atomic E-state index is 0.0266. The maximum atomic E-state index is 12.8. The van der Waals surface area contributed by atoms with Crippen LogP contribution in [0.4, 0.5) is 24.7 Å². The Morgan fingerprint density at radius 1 is 1.07 bits per heavy atom. The summed E-state index contributed by atoms with van der Waals surface area (Å²) in [5.41, 5.74) is 0.219. The van der Waals surface area contributed by atoms with Gasteiger partial charge in [-0.25, -0.2) is 9.97 Å². The van der Waals surface area contributed by atoms with E-state index in [0.717, 1.165) is 17.7 Å². The molecule has 138 valence electrons. The molecule has 1 amide bonds. The van der Waals surface area contributed by atoms with E-state index in [1.165, 1.54) is 24.7 Å². The number of nitrogens with one attached hydrogen (secondary N) is 2. The molecule has 2 aromatic heterocycles. The van der Waals surface area contributed by atoms with Gasteiger partial charge >= 0.3 is 6.18 Å². The number of anilines is 2. The van der Waals surface area contributed by atoms with Crippen LogP contribution < -0.4 is 10.6 Å². The highest BCUT2D eigenvalue weighted by Crippen LogP contribution is 2.30. The van der Waals surface area contributed by atoms with Crippen molar-refractivity contribution < 1.29 is 18.0 Å². The Morgan fingerprint density at radius 3 is 2.59 bits per heavy atom. The van der Waals surface area contributed by atoms with E-state index in [9.17, 15) is 18.0 Å². The van der Waals surface area contributed by atoms with Gasteiger partial charge in [0.2, 0.25) is 0 Å². The number of rotatable bonds is 5. The van der Waals surface area contributed by atoms with Crippen LogP contribution in [-0.4, -0.2) is 20.9 Å². The summed E-state index contributed by atoms with van der Waals surface area (Å²) >= 11 is 0. The van der Waals surface area contributed by atoms with Crippen molar-refractivity contribution in [2.45, 2.75) is 12.7 Å². The fourth-order valence-corrected chi connectivity index (χ4v) is 2.29. The Hall–Kier alpha value is -3.49. The molecule has 0 atom stereocenters. The van der Waals surface area contributed by atoms with E-state index in [2.05, 4.69) is 25.6 Å². The first-order valence-electron chi connectivity index (χ1n) is 7.85. The van der Waals surface area contributed by atoms with E-state index in [-0.39, 0.29) is 17.1 Å². The topological polar surface area (TPSA) is 79.8 Å². The second-order valence-corrected chi connectivity index (χ2v) is 5.53. The normalized spacial score (nSPS) is 11.1. The molecule has 1 aromatic carbocycles. The Bertz CT molecular complexity index is 932. The largest absolute Gasteiger partial charge is 0.416 e. The number of benzene rings is 1. The third-order valence-corrected chi connectivity index (χ3v) is 3.61. The van der Waals surface area contributed by atoms with Crippen molar-refractivity contribution in [1.29, 1.82) is 0 Å². The van der Waals surface area contributed by atoms with E-state index in [4.69, 9.17) is 0 Å². The highest BCUT2D eigenvalue weighted by molar-refractivity contribution is 6.07. The summed E-state index contributed by atoms with van der Waals surface area (Å²) in [5, 5.41) is 5.45. The van der Waals surface area contributed by atoms with Gasteiger partial charge in [-0.15, -0.1) is 0 Å². The highest BCUT2D eigenvalue weighted by Gasteiger charge is 2.30. The SMILES string of the molecule is O=C(Nc1cccc(C(F)(F)F)c1)c1cncnc1NCc1ccncc1. The Balaban J connectivity index is 1.75. The number of pyridine rings is 1.